The molecule has 2 atom stereocenters. The minimum Gasteiger partial charge on any atom is -0.483 e. The smallest absolute Gasteiger partial charge is 0.290 e. The summed E-state index contributed by atoms with van der Waals surface area (Å²) in [7, 11) is 0. The number of anilines is 1. The maximum absolute atomic E-state index is 8.36. The Morgan fingerprint density at radius 1 is 1.46 bits per heavy atom. The lowest BCUT2D eigenvalue weighted by Crippen LogP contribution is -2.44. The number of aryl methyl sites for hydroxylation is 1. The van der Waals surface area contributed by atoms with E-state index >= 15 is 0 Å². The second-order valence-corrected chi connectivity index (χ2v) is 6.25. The first-order chi connectivity index (χ1) is 12.6. The van der Waals surface area contributed by atoms with E-state index in [2.05, 4.69) is 37.7 Å². The molecule has 9 nitrogen and oxygen atoms in total. The second-order valence-electron chi connectivity index (χ2n) is 6.25. The van der Waals surface area contributed by atoms with Gasteiger partial charge < -0.3 is 25.2 Å². The molecule has 0 radical (unpaired) electrons. The van der Waals surface area contributed by atoms with E-state index in [1.165, 1.54) is 0 Å². The number of aromatic nitrogens is 4. The minimum atomic E-state index is -0.250. The van der Waals surface area contributed by atoms with Crippen LogP contribution < -0.4 is 10.6 Å². The molecule has 4 heterocycles. The second kappa shape index (κ2) is 7.96. The number of pyridine rings is 1. The number of hydrogen-bond acceptors (Lipinski definition) is 7. The van der Waals surface area contributed by atoms with Gasteiger partial charge in [-0.05, 0) is 24.9 Å². The van der Waals surface area contributed by atoms with Crippen LogP contribution >= 0.6 is 0 Å². The van der Waals surface area contributed by atoms with Crippen LogP contribution in [0.5, 0.6) is 0 Å². The fraction of sp³-hybridized carbons (Fsp3) is 0.412. The molecule has 138 valence electrons. The molecule has 0 aromatic carbocycles. The molecule has 4 N–H and O–H groups in total. The van der Waals surface area contributed by atoms with Crippen molar-refractivity contribution < 1.29 is 14.4 Å². The van der Waals surface area contributed by atoms with Crippen LogP contribution in [0.3, 0.4) is 0 Å². The van der Waals surface area contributed by atoms with Crippen molar-refractivity contribution in [2.24, 2.45) is 5.92 Å². The van der Waals surface area contributed by atoms with Crippen LogP contribution in [0.1, 0.15) is 19.2 Å². The summed E-state index contributed by atoms with van der Waals surface area (Å²) in [5.41, 5.74) is 2.73. The molecular formula is C17H22N6O3. The summed E-state index contributed by atoms with van der Waals surface area (Å²) in [5.74, 6) is 1.71. The van der Waals surface area contributed by atoms with Gasteiger partial charge in [0.25, 0.3) is 6.47 Å². The summed E-state index contributed by atoms with van der Waals surface area (Å²) >= 11 is 0. The lowest BCUT2D eigenvalue weighted by molar-refractivity contribution is -0.122. The quantitative estimate of drug-likeness (QED) is 0.524. The van der Waals surface area contributed by atoms with Crippen molar-refractivity contribution in [3.8, 4) is 11.4 Å². The largest absolute Gasteiger partial charge is 0.483 e. The predicted molar refractivity (Wildman–Crippen MR) is 96.9 cm³/mol. The number of aromatic amines is 1. The van der Waals surface area contributed by atoms with Crippen molar-refractivity contribution in [3.63, 3.8) is 0 Å². The van der Waals surface area contributed by atoms with Crippen LogP contribution in [0.2, 0.25) is 0 Å². The highest BCUT2D eigenvalue weighted by Gasteiger charge is 2.24. The van der Waals surface area contributed by atoms with Crippen LogP contribution in [-0.2, 0) is 4.79 Å². The Morgan fingerprint density at radius 2 is 2.27 bits per heavy atom. The summed E-state index contributed by atoms with van der Waals surface area (Å²) < 4.78 is 5.14. The Kier molecular flexibility index (Phi) is 5.47. The topological polar surface area (TPSA) is 129 Å². The third kappa shape index (κ3) is 3.67. The molecular weight excluding hydrogens is 336 g/mol. The summed E-state index contributed by atoms with van der Waals surface area (Å²) in [4.78, 5) is 20.4. The van der Waals surface area contributed by atoms with Crippen LogP contribution in [0.4, 0.5) is 5.69 Å². The van der Waals surface area contributed by atoms with E-state index < -0.39 is 0 Å². The maximum Gasteiger partial charge on any atom is 0.290 e. The minimum absolute atomic E-state index is 0.250. The monoisotopic (exact) mass is 358 g/mol. The Labute approximate surface area is 150 Å². The fourth-order valence-electron chi connectivity index (χ4n) is 3.11. The first kappa shape index (κ1) is 17.9. The first-order valence-electron chi connectivity index (χ1n) is 8.46. The lowest BCUT2D eigenvalue weighted by atomic mass is 9.94. The van der Waals surface area contributed by atoms with Crippen molar-refractivity contribution in [3.05, 3.63) is 24.4 Å². The van der Waals surface area contributed by atoms with Crippen molar-refractivity contribution in [1.82, 2.24) is 25.4 Å². The van der Waals surface area contributed by atoms with Gasteiger partial charge in [0.2, 0.25) is 11.7 Å². The molecule has 0 aliphatic carbocycles. The van der Waals surface area contributed by atoms with Crippen LogP contribution in [0.25, 0.3) is 22.4 Å². The molecule has 0 bridgehead atoms. The van der Waals surface area contributed by atoms with E-state index in [1.54, 1.807) is 13.1 Å². The Bertz CT molecular complexity index is 874. The van der Waals surface area contributed by atoms with Crippen molar-refractivity contribution >= 4 is 23.2 Å². The van der Waals surface area contributed by atoms with E-state index in [1.807, 2.05) is 12.3 Å². The summed E-state index contributed by atoms with van der Waals surface area (Å²) in [6.45, 7) is 5.84. The lowest BCUT2D eigenvalue weighted by Gasteiger charge is -2.31. The maximum atomic E-state index is 8.36. The van der Waals surface area contributed by atoms with Gasteiger partial charge in [-0.25, -0.2) is 4.98 Å². The molecule has 26 heavy (non-hydrogen) atoms. The number of carbonyl (C=O) groups is 1. The number of nitrogens with zero attached hydrogens (tertiary/aromatic N) is 3. The number of H-pyrrole nitrogens is 1. The van der Waals surface area contributed by atoms with Crippen molar-refractivity contribution in [2.45, 2.75) is 26.3 Å². The van der Waals surface area contributed by atoms with Gasteiger partial charge >= 0.3 is 0 Å². The Hall–Kier alpha value is -2.94. The van der Waals surface area contributed by atoms with E-state index in [-0.39, 0.29) is 6.47 Å². The number of carboxylic acid groups (broad SMARTS) is 1. The number of fused-ring (bicyclic) bond motifs is 1. The number of nitrogens with one attached hydrogen (secondary N) is 3. The SMILES string of the molecule is Cc1nc(-c2cnc3[nH]ccc3c2NC2CNCC[C@H]2C)no1.O=CO. The van der Waals surface area contributed by atoms with Gasteiger partial charge in [0.1, 0.15) is 5.65 Å². The zero-order valence-electron chi connectivity index (χ0n) is 14.7. The highest BCUT2D eigenvalue weighted by molar-refractivity contribution is 5.97. The van der Waals surface area contributed by atoms with Crippen molar-refractivity contribution in [2.75, 3.05) is 18.4 Å². The molecule has 9 heteroatoms. The first-order valence-corrected chi connectivity index (χ1v) is 8.46. The third-order valence-electron chi connectivity index (χ3n) is 4.51. The zero-order chi connectivity index (χ0) is 18.5. The highest BCUT2D eigenvalue weighted by atomic mass is 16.5. The molecule has 0 spiro atoms. The van der Waals surface area contributed by atoms with Gasteiger partial charge in [-0.2, -0.15) is 4.98 Å². The van der Waals surface area contributed by atoms with Gasteiger partial charge in [-0.1, -0.05) is 12.1 Å². The average molecular weight is 358 g/mol. The van der Waals surface area contributed by atoms with Crippen molar-refractivity contribution in [1.29, 1.82) is 0 Å². The molecule has 1 fully saturated rings. The molecule has 3 aromatic heterocycles. The number of rotatable bonds is 3. The zero-order valence-corrected chi connectivity index (χ0v) is 14.7. The number of piperidine rings is 1. The Morgan fingerprint density at radius 3 is 2.96 bits per heavy atom. The standard InChI is InChI=1S/C16H20N6O.CH2O2/c1-9-3-5-17-8-13(9)21-14-11-4-6-18-15(11)19-7-12(14)16-20-10(2)23-22-16;2-1-3/h4,6-7,9,13,17H,3,5,8H2,1-2H3,(H2,18,19,21);1H,(H,2,3)/t9-,13?;/m1./s1. The Balaban J connectivity index is 0.000000613. The normalized spacial score (nSPS) is 19.6. The predicted octanol–water partition coefficient (Wildman–Crippen LogP) is 2.03. The summed E-state index contributed by atoms with van der Waals surface area (Å²) in [6.07, 6.45) is 4.86. The summed E-state index contributed by atoms with van der Waals surface area (Å²) in [5, 5.41) is 19.1. The van der Waals surface area contributed by atoms with Gasteiger partial charge in [0.05, 0.1) is 11.3 Å². The van der Waals surface area contributed by atoms with Gasteiger partial charge in [0.15, 0.2) is 0 Å². The third-order valence-corrected chi connectivity index (χ3v) is 4.51. The van der Waals surface area contributed by atoms with E-state index in [4.69, 9.17) is 14.4 Å². The van der Waals surface area contributed by atoms with E-state index in [9.17, 15) is 0 Å². The van der Waals surface area contributed by atoms with Gasteiger partial charge in [-0.15, -0.1) is 0 Å². The highest BCUT2D eigenvalue weighted by Crippen LogP contribution is 2.33. The number of hydrogen-bond donors (Lipinski definition) is 4. The molecule has 1 saturated heterocycles. The summed E-state index contributed by atoms with van der Waals surface area (Å²) in [6, 6.07) is 2.39. The van der Waals surface area contributed by atoms with Crippen LogP contribution in [0, 0.1) is 12.8 Å². The molecule has 0 amide bonds. The van der Waals surface area contributed by atoms with Crippen LogP contribution in [0.15, 0.2) is 23.0 Å². The molecule has 1 unspecified atom stereocenters. The molecule has 3 aromatic rings. The molecule has 4 rings (SSSR count). The van der Waals surface area contributed by atoms with Gasteiger partial charge in [-0.3, -0.25) is 4.79 Å². The average Bonchev–Trinajstić information content (AvgIpc) is 3.27. The van der Waals surface area contributed by atoms with E-state index in [0.29, 0.717) is 23.7 Å². The van der Waals surface area contributed by atoms with Gasteiger partial charge in [0, 0.05) is 37.3 Å². The molecule has 1 aliphatic rings. The molecule has 1 aliphatic heterocycles. The fourth-order valence-corrected chi connectivity index (χ4v) is 3.11. The molecule has 0 saturated carbocycles. The van der Waals surface area contributed by atoms with Crippen LogP contribution in [-0.4, -0.2) is 50.8 Å². The van der Waals surface area contributed by atoms with E-state index in [0.717, 1.165) is 41.8 Å².